The Morgan fingerprint density at radius 2 is 2.17 bits per heavy atom. The maximum Gasteiger partial charge on any atom is 0.416 e. The number of hydrogen-bond acceptors (Lipinski definition) is 2. The Morgan fingerprint density at radius 3 is 2.87 bits per heavy atom. The van der Waals surface area contributed by atoms with E-state index < -0.39 is 11.7 Å². The van der Waals surface area contributed by atoms with Crippen LogP contribution in [0.15, 0.2) is 24.3 Å². The minimum Gasteiger partial charge on any atom is -0.342 e. The zero-order valence-electron chi connectivity index (χ0n) is 13.1. The zero-order chi connectivity index (χ0) is 16.6. The first-order valence-electron chi connectivity index (χ1n) is 8.00. The topological polar surface area (TPSA) is 32.3 Å². The molecule has 1 aromatic rings. The monoisotopic (exact) mass is 326 g/mol. The SMILES string of the molecule is CNC[C@@H]1CCN(C(=O)[C@H]2C[C@@H]2c2cccc(C(F)(F)F)c2)C1. The Kier molecular flexibility index (Phi) is 4.36. The van der Waals surface area contributed by atoms with Crippen LogP contribution < -0.4 is 5.32 Å². The average molecular weight is 326 g/mol. The highest BCUT2D eigenvalue weighted by atomic mass is 19.4. The molecule has 1 saturated carbocycles. The number of amides is 1. The zero-order valence-corrected chi connectivity index (χ0v) is 13.1. The molecule has 2 aliphatic rings. The van der Waals surface area contributed by atoms with Gasteiger partial charge < -0.3 is 10.2 Å². The summed E-state index contributed by atoms with van der Waals surface area (Å²) >= 11 is 0. The van der Waals surface area contributed by atoms with Crippen LogP contribution in [0.5, 0.6) is 0 Å². The first kappa shape index (κ1) is 16.3. The number of carbonyl (C=O) groups excluding carboxylic acids is 1. The quantitative estimate of drug-likeness (QED) is 0.923. The predicted molar refractivity (Wildman–Crippen MR) is 80.9 cm³/mol. The average Bonchev–Trinajstić information content (AvgIpc) is 3.18. The Labute approximate surface area is 133 Å². The third-order valence-corrected chi connectivity index (χ3v) is 4.84. The Morgan fingerprint density at radius 1 is 1.39 bits per heavy atom. The Balaban J connectivity index is 1.62. The molecule has 3 atom stereocenters. The van der Waals surface area contributed by atoms with Crippen molar-refractivity contribution in [2.45, 2.75) is 24.9 Å². The summed E-state index contributed by atoms with van der Waals surface area (Å²) in [4.78, 5) is 14.4. The van der Waals surface area contributed by atoms with Crippen LogP contribution in [-0.2, 0) is 11.0 Å². The predicted octanol–water partition coefficient (Wildman–Crippen LogP) is 2.88. The van der Waals surface area contributed by atoms with E-state index in [9.17, 15) is 18.0 Å². The maximum atomic E-state index is 12.8. The van der Waals surface area contributed by atoms with Gasteiger partial charge in [0.15, 0.2) is 0 Å². The standard InChI is InChI=1S/C17H21F3N2O/c1-21-9-11-5-6-22(10-11)16(23)15-8-14(15)12-3-2-4-13(7-12)17(18,19)20/h2-4,7,11,14-15,21H,5-6,8-10H2,1H3/t11-,14+,15-/m0/s1. The van der Waals surface area contributed by atoms with Gasteiger partial charge in [0.2, 0.25) is 5.91 Å². The van der Waals surface area contributed by atoms with Crippen LogP contribution in [0.25, 0.3) is 0 Å². The van der Waals surface area contributed by atoms with Gasteiger partial charge in [0.25, 0.3) is 0 Å². The molecule has 0 radical (unpaired) electrons. The molecule has 1 saturated heterocycles. The van der Waals surface area contributed by atoms with Crippen molar-refractivity contribution < 1.29 is 18.0 Å². The summed E-state index contributed by atoms with van der Waals surface area (Å²) < 4.78 is 38.4. The van der Waals surface area contributed by atoms with Gasteiger partial charge in [-0.25, -0.2) is 0 Å². The lowest BCUT2D eigenvalue weighted by Crippen LogP contribution is -2.31. The van der Waals surface area contributed by atoms with E-state index >= 15 is 0 Å². The first-order chi connectivity index (χ1) is 10.9. The molecule has 1 aromatic carbocycles. The van der Waals surface area contributed by atoms with Crippen LogP contribution in [0.3, 0.4) is 0 Å². The molecule has 0 bridgehead atoms. The molecule has 6 heteroatoms. The van der Waals surface area contributed by atoms with Gasteiger partial charge in [0, 0.05) is 19.0 Å². The van der Waals surface area contributed by atoms with Crippen LogP contribution >= 0.6 is 0 Å². The molecule has 1 aliphatic heterocycles. The number of likely N-dealkylation sites (tertiary alicyclic amines) is 1. The number of hydrogen-bond donors (Lipinski definition) is 1. The fraction of sp³-hybridized carbons (Fsp3) is 0.588. The summed E-state index contributed by atoms with van der Waals surface area (Å²) in [5, 5.41) is 3.12. The smallest absolute Gasteiger partial charge is 0.342 e. The normalized spacial score (nSPS) is 27.3. The molecule has 0 unspecified atom stereocenters. The number of rotatable bonds is 4. The summed E-state index contributed by atoms with van der Waals surface area (Å²) in [6, 6.07) is 5.38. The summed E-state index contributed by atoms with van der Waals surface area (Å²) in [6.45, 7) is 2.41. The summed E-state index contributed by atoms with van der Waals surface area (Å²) in [5.74, 6) is 0.376. The number of carbonyl (C=O) groups is 1. The second-order valence-electron chi connectivity index (χ2n) is 6.57. The van der Waals surface area contributed by atoms with E-state index in [1.54, 1.807) is 6.07 Å². The number of halogens is 3. The van der Waals surface area contributed by atoms with Crippen LogP contribution in [-0.4, -0.2) is 37.5 Å². The van der Waals surface area contributed by atoms with E-state index in [-0.39, 0.29) is 17.7 Å². The molecule has 23 heavy (non-hydrogen) atoms. The minimum absolute atomic E-state index is 0.0619. The highest BCUT2D eigenvalue weighted by Crippen LogP contribution is 2.49. The van der Waals surface area contributed by atoms with E-state index in [0.29, 0.717) is 17.9 Å². The second kappa shape index (κ2) is 6.15. The molecule has 1 N–H and O–H groups in total. The molecule has 3 rings (SSSR count). The minimum atomic E-state index is -4.33. The lowest BCUT2D eigenvalue weighted by molar-refractivity contribution is -0.137. The highest BCUT2D eigenvalue weighted by Gasteiger charge is 2.47. The van der Waals surface area contributed by atoms with Crippen molar-refractivity contribution >= 4 is 5.91 Å². The van der Waals surface area contributed by atoms with Crippen LogP contribution in [0.1, 0.15) is 29.9 Å². The number of nitrogens with zero attached hydrogens (tertiary/aromatic N) is 1. The van der Waals surface area contributed by atoms with Crippen LogP contribution in [0.4, 0.5) is 13.2 Å². The molecule has 3 nitrogen and oxygen atoms in total. The fourth-order valence-corrected chi connectivity index (χ4v) is 3.50. The van der Waals surface area contributed by atoms with Gasteiger partial charge in [-0.05, 0) is 49.9 Å². The Hall–Kier alpha value is -1.56. The van der Waals surface area contributed by atoms with Gasteiger partial charge in [0.1, 0.15) is 0 Å². The Bertz CT molecular complexity index is 587. The lowest BCUT2D eigenvalue weighted by Gasteiger charge is -2.17. The van der Waals surface area contributed by atoms with E-state index in [1.807, 2.05) is 11.9 Å². The molecular formula is C17H21F3N2O. The molecule has 126 valence electrons. The van der Waals surface area contributed by atoms with Crippen LogP contribution in [0.2, 0.25) is 0 Å². The largest absolute Gasteiger partial charge is 0.416 e. The van der Waals surface area contributed by atoms with Crippen molar-refractivity contribution in [3.8, 4) is 0 Å². The van der Waals surface area contributed by atoms with E-state index in [1.165, 1.54) is 12.1 Å². The van der Waals surface area contributed by atoms with Crippen molar-refractivity contribution in [3.05, 3.63) is 35.4 Å². The molecule has 0 spiro atoms. The van der Waals surface area contributed by atoms with Gasteiger partial charge in [0.05, 0.1) is 5.56 Å². The van der Waals surface area contributed by atoms with E-state index in [0.717, 1.165) is 32.1 Å². The van der Waals surface area contributed by atoms with Crippen LogP contribution in [0, 0.1) is 11.8 Å². The van der Waals surface area contributed by atoms with Gasteiger partial charge in [-0.1, -0.05) is 18.2 Å². The van der Waals surface area contributed by atoms with Crippen molar-refractivity contribution in [2.24, 2.45) is 11.8 Å². The van der Waals surface area contributed by atoms with Crippen molar-refractivity contribution in [1.82, 2.24) is 10.2 Å². The molecule has 1 aliphatic carbocycles. The van der Waals surface area contributed by atoms with E-state index in [2.05, 4.69) is 5.32 Å². The number of benzene rings is 1. The van der Waals surface area contributed by atoms with Gasteiger partial charge in [-0.15, -0.1) is 0 Å². The third-order valence-electron chi connectivity index (χ3n) is 4.84. The summed E-state index contributed by atoms with van der Waals surface area (Å²) in [5.41, 5.74) is -0.00694. The summed E-state index contributed by atoms with van der Waals surface area (Å²) in [6.07, 6.45) is -2.68. The van der Waals surface area contributed by atoms with Crippen molar-refractivity contribution in [3.63, 3.8) is 0 Å². The summed E-state index contributed by atoms with van der Waals surface area (Å²) in [7, 11) is 1.90. The highest BCUT2D eigenvalue weighted by molar-refractivity contribution is 5.83. The molecule has 2 fully saturated rings. The fourth-order valence-electron chi connectivity index (χ4n) is 3.50. The lowest BCUT2D eigenvalue weighted by atomic mass is 10.1. The molecular weight excluding hydrogens is 305 g/mol. The molecule has 0 aromatic heterocycles. The van der Waals surface area contributed by atoms with Gasteiger partial charge >= 0.3 is 6.18 Å². The second-order valence-corrected chi connectivity index (χ2v) is 6.57. The molecule has 1 amide bonds. The number of nitrogens with one attached hydrogen (secondary N) is 1. The van der Waals surface area contributed by atoms with E-state index in [4.69, 9.17) is 0 Å². The number of alkyl halides is 3. The maximum absolute atomic E-state index is 12.8. The third kappa shape index (κ3) is 3.52. The van der Waals surface area contributed by atoms with Crippen molar-refractivity contribution in [2.75, 3.05) is 26.7 Å². The van der Waals surface area contributed by atoms with Gasteiger partial charge in [-0.3, -0.25) is 4.79 Å². The van der Waals surface area contributed by atoms with Gasteiger partial charge in [-0.2, -0.15) is 13.2 Å². The van der Waals surface area contributed by atoms with Crippen molar-refractivity contribution in [1.29, 1.82) is 0 Å². The molecule has 1 heterocycles. The first-order valence-corrected chi connectivity index (χ1v) is 8.00.